The van der Waals surface area contributed by atoms with Gasteiger partial charge in [0, 0.05) is 6.07 Å². The van der Waals surface area contributed by atoms with E-state index in [9.17, 15) is 9.59 Å². The lowest BCUT2D eigenvalue weighted by molar-refractivity contribution is -0.120. The van der Waals surface area contributed by atoms with E-state index in [1.165, 1.54) is 21.3 Å². The van der Waals surface area contributed by atoms with Crippen molar-refractivity contribution in [2.24, 2.45) is 5.16 Å². The quantitative estimate of drug-likeness (QED) is 0.505. The topological polar surface area (TPSA) is 107 Å². The number of carbonyl (C=O) groups excluding carboxylic acids is 2. The molecule has 0 aromatic heterocycles. The van der Waals surface area contributed by atoms with Crippen LogP contribution in [0.4, 0.5) is 11.4 Å². The van der Waals surface area contributed by atoms with Gasteiger partial charge in [-0.1, -0.05) is 17.3 Å². The van der Waals surface area contributed by atoms with Crippen molar-refractivity contribution < 1.29 is 28.6 Å². The third-order valence-electron chi connectivity index (χ3n) is 3.49. The number of para-hydroxylation sites is 2. The normalized spacial score (nSPS) is 10.2. The van der Waals surface area contributed by atoms with E-state index in [0.717, 1.165) is 6.21 Å². The summed E-state index contributed by atoms with van der Waals surface area (Å²) < 4.78 is 15.4. The van der Waals surface area contributed by atoms with Gasteiger partial charge in [0.2, 0.25) is 0 Å². The Labute approximate surface area is 162 Å². The fourth-order valence-electron chi connectivity index (χ4n) is 2.19. The molecule has 9 heteroatoms. The van der Waals surface area contributed by atoms with Crippen molar-refractivity contribution in [3.8, 4) is 17.2 Å². The molecule has 2 rings (SSSR count). The summed E-state index contributed by atoms with van der Waals surface area (Å²) in [5.41, 5.74) is 0.914. The molecule has 148 valence electrons. The van der Waals surface area contributed by atoms with Crippen LogP contribution < -0.4 is 24.8 Å². The van der Waals surface area contributed by atoms with Crippen LogP contribution in [0.2, 0.25) is 0 Å². The molecular weight excluding hydrogens is 366 g/mol. The van der Waals surface area contributed by atoms with Crippen LogP contribution in [0.3, 0.4) is 0 Å². The van der Waals surface area contributed by atoms with E-state index in [0.29, 0.717) is 28.6 Å². The number of methoxy groups -OCH3 is 3. The summed E-state index contributed by atoms with van der Waals surface area (Å²) in [6.45, 7) is -0.390. The number of anilines is 2. The van der Waals surface area contributed by atoms with Crippen LogP contribution >= 0.6 is 0 Å². The predicted molar refractivity (Wildman–Crippen MR) is 104 cm³/mol. The molecule has 0 unspecified atom stereocenters. The van der Waals surface area contributed by atoms with Crippen LogP contribution in [0, 0.1) is 0 Å². The zero-order chi connectivity index (χ0) is 20.4. The Morgan fingerprint density at radius 3 is 2.36 bits per heavy atom. The van der Waals surface area contributed by atoms with E-state index in [1.54, 1.807) is 42.5 Å². The molecule has 0 radical (unpaired) electrons. The molecule has 0 spiro atoms. The Kier molecular flexibility index (Phi) is 7.64. The van der Waals surface area contributed by atoms with Gasteiger partial charge < -0.3 is 29.7 Å². The number of hydrogen-bond donors (Lipinski definition) is 2. The van der Waals surface area contributed by atoms with Crippen molar-refractivity contribution in [1.82, 2.24) is 0 Å². The van der Waals surface area contributed by atoms with Gasteiger partial charge in [0.1, 0.15) is 23.5 Å². The number of nitrogens with one attached hydrogen (secondary N) is 2. The van der Waals surface area contributed by atoms with Gasteiger partial charge in [-0.2, -0.15) is 0 Å². The number of carbonyl (C=O) groups is 2. The predicted octanol–water partition coefficient (Wildman–Crippen LogP) is 2.29. The summed E-state index contributed by atoms with van der Waals surface area (Å²) >= 11 is 0. The Balaban J connectivity index is 1.84. The minimum absolute atomic E-state index is 0.390. The van der Waals surface area contributed by atoms with Crippen LogP contribution in [0.25, 0.3) is 0 Å². The first-order valence-electron chi connectivity index (χ1n) is 8.18. The third-order valence-corrected chi connectivity index (χ3v) is 3.49. The van der Waals surface area contributed by atoms with E-state index in [2.05, 4.69) is 15.8 Å². The number of benzene rings is 2. The monoisotopic (exact) mass is 387 g/mol. The van der Waals surface area contributed by atoms with Gasteiger partial charge in [-0.25, -0.2) is 0 Å². The summed E-state index contributed by atoms with van der Waals surface area (Å²) in [5.74, 6) is 0.530. The van der Waals surface area contributed by atoms with Crippen LogP contribution in [0.5, 0.6) is 17.2 Å². The van der Waals surface area contributed by atoms with Crippen molar-refractivity contribution >= 4 is 29.4 Å². The number of nitrogens with zero attached hydrogens (tertiary/aromatic N) is 1. The largest absolute Gasteiger partial charge is 0.497 e. The summed E-state index contributed by atoms with van der Waals surface area (Å²) in [6.07, 6.45) is 0.922. The summed E-state index contributed by atoms with van der Waals surface area (Å²) in [5, 5.41) is 8.70. The molecule has 0 heterocycles. The molecule has 0 aliphatic heterocycles. The molecule has 2 amide bonds. The molecule has 0 aliphatic carbocycles. The van der Waals surface area contributed by atoms with Crippen molar-refractivity contribution in [2.45, 2.75) is 0 Å². The molecular formula is C19H21N3O6. The van der Waals surface area contributed by atoms with Crippen molar-refractivity contribution in [3.05, 3.63) is 42.5 Å². The molecule has 0 bridgehead atoms. The Morgan fingerprint density at radius 1 is 0.929 bits per heavy atom. The van der Waals surface area contributed by atoms with Crippen LogP contribution in [0.1, 0.15) is 0 Å². The van der Waals surface area contributed by atoms with Gasteiger partial charge in [-0.15, -0.1) is 0 Å². The molecule has 0 aliphatic rings. The van der Waals surface area contributed by atoms with Gasteiger partial charge >= 0.3 is 0 Å². The molecule has 28 heavy (non-hydrogen) atoms. The van der Waals surface area contributed by atoms with Gasteiger partial charge in [0.25, 0.3) is 11.8 Å². The van der Waals surface area contributed by atoms with Crippen LogP contribution in [0.15, 0.2) is 47.6 Å². The highest BCUT2D eigenvalue weighted by molar-refractivity contribution is 6.31. The minimum Gasteiger partial charge on any atom is -0.497 e. The molecule has 2 N–H and O–H groups in total. The average Bonchev–Trinajstić information content (AvgIpc) is 2.71. The summed E-state index contributed by atoms with van der Waals surface area (Å²) in [4.78, 5) is 28.7. The molecule has 9 nitrogen and oxygen atoms in total. The fraction of sp³-hybridized carbons (Fsp3) is 0.211. The highest BCUT2D eigenvalue weighted by Gasteiger charge is 2.10. The van der Waals surface area contributed by atoms with Gasteiger partial charge in [0.15, 0.2) is 6.61 Å². The van der Waals surface area contributed by atoms with Gasteiger partial charge in [-0.05, 0) is 24.3 Å². The second-order valence-electron chi connectivity index (χ2n) is 5.31. The second-order valence-corrected chi connectivity index (χ2v) is 5.31. The van der Waals surface area contributed by atoms with Crippen LogP contribution in [-0.2, 0) is 14.4 Å². The number of ether oxygens (including phenoxy) is 3. The third kappa shape index (κ3) is 5.90. The Hall–Kier alpha value is -3.75. The standard InChI is InChI=1S/C19H21N3O6/c1-25-13-8-9-17(27-3)15(10-13)22-19(24)12-28-20-11-18(23)21-14-6-4-5-7-16(14)26-2/h4-11H,12H2,1-3H3,(H,21,23)(H,22,24)/b20-11+. The fourth-order valence-corrected chi connectivity index (χ4v) is 2.19. The number of hydrogen-bond acceptors (Lipinski definition) is 7. The number of rotatable bonds is 9. The SMILES string of the molecule is COc1ccc(OC)c(NC(=O)CO/N=C/C(=O)Nc2ccccc2OC)c1. The Bertz CT molecular complexity index is 853. The zero-order valence-electron chi connectivity index (χ0n) is 15.7. The maximum absolute atomic E-state index is 12.0. The molecule has 2 aromatic rings. The molecule has 0 saturated heterocycles. The first-order chi connectivity index (χ1) is 13.6. The van der Waals surface area contributed by atoms with Crippen LogP contribution in [-0.4, -0.2) is 46.0 Å². The first-order valence-corrected chi connectivity index (χ1v) is 8.18. The summed E-state index contributed by atoms with van der Waals surface area (Å²) in [6, 6.07) is 11.9. The molecule has 0 fully saturated rings. The number of amides is 2. The lowest BCUT2D eigenvalue weighted by Crippen LogP contribution is -2.18. The highest BCUT2D eigenvalue weighted by Crippen LogP contribution is 2.28. The van der Waals surface area contributed by atoms with E-state index in [1.807, 2.05) is 0 Å². The maximum atomic E-state index is 12.0. The molecule has 0 atom stereocenters. The second kappa shape index (κ2) is 10.4. The van der Waals surface area contributed by atoms with E-state index >= 15 is 0 Å². The minimum atomic E-state index is -0.528. The van der Waals surface area contributed by atoms with Crippen molar-refractivity contribution in [1.29, 1.82) is 0 Å². The molecule has 0 saturated carbocycles. The Morgan fingerprint density at radius 2 is 1.64 bits per heavy atom. The number of oxime groups is 1. The van der Waals surface area contributed by atoms with Crippen molar-refractivity contribution in [3.63, 3.8) is 0 Å². The van der Waals surface area contributed by atoms with E-state index in [-0.39, 0.29) is 0 Å². The maximum Gasteiger partial charge on any atom is 0.270 e. The highest BCUT2D eigenvalue weighted by atomic mass is 16.6. The summed E-state index contributed by atoms with van der Waals surface area (Å²) in [7, 11) is 4.50. The van der Waals surface area contributed by atoms with E-state index < -0.39 is 18.4 Å². The average molecular weight is 387 g/mol. The molecule has 2 aromatic carbocycles. The van der Waals surface area contributed by atoms with Crippen molar-refractivity contribution in [2.75, 3.05) is 38.6 Å². The zero-order valence-corrected chi connectivity index (χ0v) is 15.7. The lowest BCUT2D eigenvalue weighted by atomic mass is 10.2. The first kappa shape index (κ1) is 20.6. The smallest absolute Gasteiger partial charge is 0.270 e. The van der Waals surface area contributed by atoms with E-state index in [4.69, 9.17) is 19.0 Å². The van der Waals surface area contributed by atoms with Gasteiger partial charge in [-0.3, -0.25) is 9.59 Å². The van der Waals surface area contributed by atoms with Gasteiger partial charge in [0.05, 0.1) is 32.7 Å². The lowest BCUT2D eigenvalue weighted by Gasteiger charge is -2.11.